The maximum atomic E-state index is 11.3. The molecule has 0 unspecified atom stereocenters. The number of hydrogen-bond donors (Lipinski definition) is 1. The number of piperazine rings is 1. The number of nitrogens with zero attached hydrogens (tertiary/aromatic N) is 1. The van der Waals surface area contributed by atoms with Crippen molar-refractivity contribution in [3.05, 3.63) is 12.3 Å². The molecule has 0 aromatic heterocycles. The summed E-state index contributed by atoms with van der Waals surface area (Å²) in [6.45, 7) is 6.06. The summed E-state index contributed by atoms with van der Waals surface area (Å²) < 4.78 is 0. The molecule has 1 aliphatic heterocycles. The molecule has 5 heteroatoms. The molecule has 1 rings (SSSR count). The molecule has 0 radical (unpaired) electrons. The SMILES string of the molecule is C=C1NC(=O)[C@H](C)N(C(C)=O)C1=O. The highest BCUT2D eigenvalue weighted by Crippen LogP contribution is 2.10. The van der Waals surface area contributed by atoms with Crippen LogP contribution in [0.25, 0.3) is 0 Å². The molecule has 1 heterocycles. The van der Waals surface area contributed by atoms with Crippen LogP contribution in [-0.4, -0.2) is 28.7 Å². The van der Waals surface area contributed by atoms with Gasteiger partial charge >= 0.3 is 0 Å². The third-order valence-corrected chi connectivity index (χ3v) is 1.86. The van der Waals surface area contributed by atoms with Crippen LogP contribution in [0.15, 0.2) is 12.3 Å². The van der Waals surface area contributed by atoms with Gasteiger partial charge in [-0.1, -0.05) is 6.58 Å². The van der Waals surface area contributed by atoms with E-state index in [0.29, 0.717) is 0 Å². The predicted octanol–water partition coefficient (Wildman–Crippen LogP) is -0.607. The summed E-state index contributed by atoms with van der Waals surface area (Å²) >= 11 is 0. The van der Waals surface area contributed by atoms with Crippen LogP contribution < -0.4 is 5.32 Å². The van der Waals surface area contributed by atoms with E-state index >= 15 is 0 Å². The standard InChI is InChI=1S/C8H10N2O3/c1-4-8(13)10(6(3)11)5(2)7(12)9-4/h5H,1H2,2-3H3,(H,9,12)/t5-/m0/s1. The summed E-state index contributed by atoms with van der Waals surface area (Å²) in [5.74, 6) is -1.38. The van der Waals surface area contributed by atoms with E-state index in [1.807, 2.05) is 0 Å². The molecule has 0 spiro atoms. The average Bonchev–Trinajstić information content (AvgIpc) is 2.01. The van der Waals surface area contributed by atoms with E-state index in [-0.39, 0.29) is 11.6 Å². The number of amides is 3. The maximum absolute atomic E-state index is 11.3. The van der Waals surface area contributed by atoms with Gasteiger partial charge in [-0.2, -0.15) is 0 Å². The van der Waals surface area contributed by atoms with Gasteiger partial charge in [0, 0.05) is 6.92 Å². The van der Waals surface area contributed by atoms with Gasteiger partial charge in [-0.3, -0.25) is 19.3 Å². The molecule has 5 nitrogen and oxygen atoms in total. The van der Waals surface area contributed by atoms with Crippen molar-refractivity contribution < 1.29 is 14.4 Å². The van der Waals surface area contributed by atoms with E-state index in [9.17, 15) is 14.4 Å². The minimum absolute atomic E-state index is 0.0571. The second-order valence-electron chi connectivity index (χ2n) is 2.84. The molecule has 1 N–H and O–H groups in total. The summed E-state index contributed by atoms with van der Waals surface area (Å²) in [7, 11) is 0. The van der Waals surface area contributed by atoms with Crippen LogP contribution >= 0.6 is 0 Å². The van der Waals surface area contributed by atoms with E-state index < -0.39 is 17.9 Å². The van der Waals surface area contributed by atoms with Gasteiger partial charge in [-0.05, 0) is 6.92 Å². The van der Waals surface area contributed by atoms with Crippen LogP contribution in [0.4, 0.5) is 0 Å². The zero-order chi connectivity index (χ0) is 10.2. The minimum atomic E-state index is -0.754. The lowest BCUT2D eigenvalue weighted by atomic mass is 10.2. The fourth-order valence-electron chi connectivity index (χ4n) is 1.16. The largest absolute Gasteiger partial charge is 0.320 e. The summed E-state index contributed by atoms with van der Waals surface area (Å²) in [5.41, 5.74) is -0.0571. The quantitative estimate of drug-likeness (QED) is 0.508. The summed E-state index contributed by atoms with van der Waals surface area (Å²) in [6, 6.07) is -0.754. The van der Waals surface area contributed by atoms with Crippen molar-refractivity contribution in [2.75, 3.05) is 0 Å². The van der Waals surface area contributed by atoms with E-state index in [0.717, 1.165) is 4.90 Å². The molecule has 1 fully saturated rings. The molecular formula is C8H10N2O3. The average molecular weight is 182 g/mol. The van der Waals surface area contributed by atoms with Gasteiger partial charge in [0.25, 0.3) is 5.91 Å². The molecule has 0 aliphatic carbocycles. The van der Waals surface area contributed by atoms with Crippen molar-refractivity contribution in [2.24, 2.45) is 0 Å². The Morgan fingerprint density at radius 3 is 2.54 bits per heavy atom. The van der Waals surface area contributed by atoms with Crippen molar-refractivity contribution in [1.82, 2.24) is 10.2 Å². The smallest absolute Gasteiger partial charge is 0.277 e. The molecule has 0 bridgehead atoms. The first-order chi connectivity index (χ1) is 5.95. The molecule has 1 aliphatic rings. The third kappa shape index (κ3) is 1.44. The Kier molecular flexibility index (Phi) is 2.18. The number of carbonyl (C=O) groups excluding carboxylic acids is 3. The van der Waals surface area contributed by atoms with Crippen LogP contribution in [0.5, 0.6) is 0 Å². The number of rotatable bonds is 0. The summed E-state index contributed by atoms with van der Waals surface area (Å²) in [5, 5.41) is 2.29. The fourth-order valence-corrected chi connectivity index (χ4v) is 1.16. The Labute approximate surface area is 75.4 Å². The van der Waals surface area contributed by atoms with Crippen LogP contribution in [-0.2, 0) is 14.4 Å². The highest BCUT2D eigenvalue weighted by Gasteiger charge is 2.35. The molecule has 0 aromatic carbocycles. The molecule has 1 saturated heterocycles. The van der Waals surface area contributed by atoms with E-state index in [4.69, 9.17) is 0 Å². The Bertz CT molecular complexity index is 309. The van der Waals surface area contributed by atoms with E-state index in [1.54, 1.807) is 0 Å². The van der Waals surface area contributed by atoms with Gasteiger partial charge < -0.3 is 5.32 Å². The number of carbonyl (C=O) groups is 3. The molecule has 3 amide bonds. The van der Waals surface area contributed by atoms with Gasteiger partial charge in [-0.25, -0.2) is 0 Å². The van der Waals surface area contributed by atoms with Crippen LogP contribution in [0.2, 0.25) is 0 Å². The van der Waals surface area contributed by atoms with Gasteiger partial charge in [0.05, 0.1) is 5.70 Å². The first-order valence-electron chi connectivity index (χ1n) is 3.79. The Balaban J connectivity index is 3.02. The maximum Gasteiger partial charge on any atom is 0.277 e. The summed E-state index contributed by atoms with van der Waals surface area (Å²) in [6.07, 6.45) is 0. The fraction of sp³-hybridized carbons (Fsp3) is 0.375. The molecule has 13 heavy (non-hydrogen) atoms. The zero-order valence-electron chi connectivity index (χ0n) is 7.46. The van der Waals surface area contributed by atoms with Crippen molar-refractivity contribution in [3.8, 4) is 0 Å². The van der Waals surface area contributed by atoms with Crippen molar-refractivity contribution >= 4 is 17.7 Å². The zero-order valence-corrected chi connectivity index (χ0v) is 7.46. The molecule has 70 valence electrons. The lowest BCUT2D eigenvalue weighted by Gasteiger charge is -2.30. The Hall–Kier alpha value is -1.65. The monoisotopic (exact) mass is 182 g/mol. The lowest BCUT2D eigenvalue weighted by Crippen LogP contribution is -2.57. The van der Waals surface area contributed by atoms with Crippen LogP contribution in [0.1, 0.15) is 13.8 Å². The second-order valence-corrected chi connectivity index (χ2v) is 2.84. The van der Waals surface area contributed by atoms with Crippen LogP contribution in [0.3, 0.4) is 0 Å². The Morgan fingerprint density at radius 1 is 1.54 bits per heavy atom. The van der Waals surface area contributed by atoms with E-state index in [1.165, 1.54) is 13.8 Å². The van der Waals surface area contributed by atoms with Gasteiger partial charge in [0.1, 0.15) is 6.04 Å². The highest BCUT2D eigenvalue weighted by atomic mass is 16.2. The van der Waals surface area contributed by atoms with E-state index in [2.05, 4.69) is 11.9 Å². The molecular weight excluding hydrogens is 172 g/mol. The van der Waals surface area contributed by atoms with Crippen molar-refractivity contribution in [2.45, 2.75) is 19.9 Å². The third-order valence-electron chi connectivity index (χ3n) is 1.86. The van der Waals surface area contributed by atoms with Crippen molar-refractivity contribution in [3.63, 3.8) is 0 Å². The van der Waals surface area contributed by atoms with Gasteiger partial charge in [0.15, 0.2) is 0 Å². The molecule has 1 atom stereocenters. The predicted molar refractivity (Wildman–Crippen MR) is 44.3 cm³/mol. The lowest BCUT2D eigenvalue weighted by molar-refractivity contribution is -0.151. The van der Waals surface area contributed by atoms with Gasteiger partial charge in [0.2, 0.25) is 11.8 Å². The first kappa shape index (κ1) is 9.44. The van der Waals surface area contributed by atoms with Gasteiger partial charge in [-0.15, -0.1) is 0 Å². The molecule has 0 aromatic rings. The second kappa shape index (κ2) is 3.01. The number of imide groups is 1. The summed E-state index contributed by atoms with van der Waals surface area (Å²) in [4.78, 5) is 34.3. The normalized spacial score (nSPS) is 23.1. The molecule has 0 saturated carbocycles. The first-order valence-corrected chi connectivity index (χ1v) is 3.79. The minimum Gasteiger partial charge on any atom is -0.320 e. The number of hydrogen-bond acceptors (Lipinski definition) is 3. The Morgan fingerprint density at radius 2 is 2.08 bits per heavy atom. The topological polar surface area (TPSA) is 66.5 Å². The van der Waals surface area contributed by atoms with Crippen LogP contribution in [0, 0.1) is 0 Å². The van der Waals surface area contributed by atoms with Crippen molar-refractivity contribution in [1.29, 1.82) is 0 Å². The highest BCUT2D eigenvalue weighted by molar-refractivity contribution is 6.11. The number of nitrogens with one attached hydrogen (secondary N) is 1.